The Hall–Kier alpha value is -3.40. The second-order valence-electron chi connectivity index (χ2n) is 6.99. The number of pyridine rings is 3. The largest absolute Gasteiger partial charge is 0.299 e. The summed E-state index contributed by atoms with van der Waals surface area (Å²) in [5.41, 5.74) is 7.56. The average molecular weight is 366 g/mol. The van der Waals surface area contributed by atoms with Crippen LogP contribution in [0.15, 0.2) is 79.3 Å². The van der Waals surface area contributed by atoms with Crippen LogP contribution in [-0.2, 0) is 19.3 Å². The van der Waals surface area contributed by atoms with E-state index >= 15 is 0 Å². The first kappa shape index (κ1) is 18.0. The molecule has 3 heterocycles. The van der Waals surface area contributed by atoms with Crippen molar-refractivity contribution in [2.24, 2.45) is 0 Å². The van der Waals surface area contributed by atoms with Crippen molar-refractivity contribution in [1.29, 1.82) is 5.41 Å². The molecule has 0 saturated heterocycles. The van der Waals surface area contributed by atoms with Gasteiger partial charge in [0.2, 0.25) is 0 Å². The third-order valence-corrected chi connectivity index (χ3v) is 5.01. The Balaban J connectivity index is 1.77. The van der Waals surface area contributed by atoms with Gasteiger partial charge in [0.1, 0.15) is 0 Å². The number of nitrogens with zero attached hydrogens (tertiary/aromatic N) is 3. The van der Waals surface area contributed by atoms with Crippen molar-refractivity contribution < 1.29 is 0 Å². The van der Waals surface area contributed by atoms with Crippen molar-refractivity contribution in [3.63, 3.8) is 0 Å². The van der Waals surface area contributed by atoms with Crippen LogP contribution in [0.1, 0.15) is 28.8 Å². The minimum Gasteiger partial charge on any atom is -0.299 e. The summed E-state index contributed by atoms with van der Waals surface area (Å²) < 4.78 is 0. The zero-order valence-electron chi connectivity index (χ0n) is 15.7. The zero-order valence-corrected chi connectivity index (χ0v) is 15.7. The van der Waals surface area contributed by atoms with E-state index in [1.165, 1.54) is 16.7 Å². The number of aryl methyl sites for hydroxylation is 3. The molecule has 0 unspecified atom stereocenters. The summed E-state index contributed by atoms with van der Waals surface area (Å²) in [5.74, 6) is 0. The molecule has 0 aromatic carbocycles. The van der Waals surface area contributed by atoms with Crippen molar-refractivity contribution in [2.75, 3.05) is 0 Å². The molecule has 138 valence electrons. The second kappa shape index (κ2) is 8.09. The number of fused-ring (bicyclic) bond motifs is 7. The van der Waals surface area contributed by atoms with Gasteiger partial charge in [-0.3, -0.25) is 20.4 Å². The van der Waals surface area contributed by atoms with Crippen molar-refractivity contribution in [3.8, 4) is 11.4 Å². The van der Waals surface area contributed by atoms with Crippen LogP contribution in [0.2, 0.25) is 0 Å². The predicted octanol–water partition coefficient (Wildman–Crippen LogP) is 4.75. The normalized spacial score (nSPS) is 16.1. The minimum absolute atomic E-state index is 0.422. The van der Waals surface area contributed by atoms with Crippen molar-refractivity contribution in [3.05, 3.63) is 102 Å². The molecule has 4 nitrogen and oxygen atoms in total. The molecule has 0 aliphatic heterocycles. The number of allylic oxidation sites excluding steroid dienone is 3. The standard InChI is InChI=1S/C24H22N4/c1-2-17-3-4-19-8-11-27-23(15-19)24-16-20(9-12-28-24)6-5-18-7-10-26-22(14-18)21(25)13-17/h2,7-16,25H,1,3-6H2/b17-13-,25-21?. The molecule has 0 radical (unpaired) electrons. The minimum atomic E-state index is 0.422. The van der Waals surface area contributed by atoms with E-state index in [1.54, 1.807) is 6.20 Å². The van der Waals surface area contributed by atoms with Gasteiger partial charge in [-0.2, -0.15) is 0 Å². The number of rotatable bonds is 1. The van der Waals surface area contributed by atoms with Crippen LogP contribution in [0.4, 0.5) is 0 Å². The smallest absolute Gasteiger partial charge is 0.0888 e. The third-order valence-electron chi connectivity index (χ3n) is 5.01. The molecule has 0 atom stereocenters. The summed E-state index contributed by atoms with van der Waals surface area (Å²) in [4.78, 5) is 13.4. The Labute approximate surface area is 165 Å². The zero-order chi connectivity index (χ0) is 19.3. The summed E-state index contributed by atoms with van der Waals surface area (Å²) in [7, 11) is 0. The lowest BCUT2D eigenvalue weighted by Gasteiger charge is -2.09. The van der Waals surface area contributed by atoms with Gasteiger partial charge in [0.15, 0.2) is 0 Å². The molecule has 0 saturated carbocycles. The van der Waals surface area contributed by atoms with Crippen molar-refractivity contribution >= 4 is 5.71 Å². The van der Waals surface area contributed by atoms with Crippen molar-refractivity contribution in [1.82, 2.24) is 15.0 Å². The highest BCUT2D eigenvalue weighted by molar-refractivity contribution is 6.05. The van der Waals surface area contributed by atoms with E-state index in [1.807, 2.05) is 42.7 Å². The molecule has 1 N–H and O–H groups in total. The van der Waals surface area contributed by atoms with Crippen LogP contribution in [0.5, 0.6) is 0 Å². The maximum Gasteiger partial charge on any atom is 0.0888 e. The highest BCUT2D eigenvalue weighted by Gasteiger charge is 2.08. The quantitative estimate of drug-likeness (QED) is 0.676. The van der Waals surface area contributed by atoms with Gasteiger partial charge in [-0.25, -0.2) is 0 Å². The van der Waals surface area contributed by atoms with Gasteiger partial charge < -0.3 is 0 Å². The Morgan fingerprint density at radius 1 is 0.714 bits per heavy atom. The van der Waals surface area contributed by atoms with Gasteiger partial charge >= 0.3 is 0 Å². The molecule has 4 heteroatoms. The molecule has 1 aliphatic carbocycles. The molecule has 3 aromatic rings. The number of nitrogens with one attached hydrogen (secondary N) is 1. The van der Waals surface area contributed by atoms with Gasteiger partial charge in [-0.1, -0.05) is 12.7 Å². The molecule has 6 bridgehead atoms. The fraction of sp³-hybridized carbons (Fsp3) is 0.167. The highest BCUT2D eigenvalue weighted by atomic mass is 14.8. The van der Waals surface area contributed by atoms with Gasteiger partial charge in [0.25, 0.3) is 0 Å². The third kappa shape index (κ3) is 4.12. The lowest BCUT2D eigenvalue weighted by molar-refractivity contribution is 0.946. The van der Waals surface area contributed by atoms with Gasteiger partial charge in [0.05, 0.1) is 22.8 Å². The Morgan fingerprint density at radius 2 is 1.18 bits per heavy atom. The average Bonchev–Trinajstić information content (AvgIpc) is 2.75. The van der Waals surface area contributed by atoms with E-state index < -0.39 is 0 Å². The highest BCUT2D eigenvalue weighted by Crippen LogP contribution is 2.20. The number of hydrogen-bond acceptors (Lipinski definition) is 4. The van der Waals surface area contributed by atoms with Crippen LogP contribution >= 0.6 is 0 Å². The van der Waals surface area contributed by atoms with Gasteiger partial charge in [0, 0.05) is 18.6 Å². The fourth-order valence-electron chi connectivity index (χ4n) is 3.39. The maximum atomic E-state index is 8.44. The van der Waals surface area contributed by atoms with Gasteiger partial charge in [-0.05, 0) is 90.4 Å². The Kier molecular flexibility index (Phi) is 5.20. The van der Waals surface area contributed by atoms with Crippen LogP contribution in [0.25, 0.3) is 11.4 Å². The summed E-state index contributed by atoms with van der Waals surface area (Å²) in [6.45, 7) is 3.92. The molecular weight excluding hydrogens is 344 g/mol. The SMILES string of the molecule is C=C/C1=C/C(=N)c2cc(ccn2)CCc2ccnc(c2)-c2cc(ccn2)CC1. The first-order chi connectivity index (χ1) is 13.7. The van der Waals surface area contributed by atoms with Crippen LogP contribution < -0.4 is 0 Å². The molecule has 28 heavy (non-hydrogen) atoms. The molecule has 0 spiro atoms. The molecule has 4 rings (SSSR count). The Morgan fingerprint density at radius 3 is 1.71 bits per heavy atom. The van der Waals surface area contributed by atoms with Crippen molar-refractivity contribution in [2.45, 2.75) is 25.7 Å². The van der Waals surface area contributed by atoms with Gasteiger partial charge in [-0.15, -0.1) is 0 Å². The summed E-state index contributed by atoms with van der Waals surface area (Å²) in [6, 6.07) is 12.3. The van der Waals surface area contributed by atoms with E-state index in [0.717, 1.165) is 42.6 Å². The summed E-state index contributed by atoms with van der Waals surface area (Å²) in [6.07, 6.45) is 12.6. The fourth-order valence-corrected chi connectivity index (χ4v) is 3.39. The first-order valence-electron chi connectivity index (χ1n) is 9.48. The first-order valence-corrected chi connectivity index (χ1v) is 9.48. The van der Waals surface area contributed by atoms with Crippen LogP contribution in [0, 0.1) is 5.41 Å². The molecule has 0 fully saturated rings. The van der Waals surface area contributed by atoms with E-state index in [0.29, 0.717) is 11.4 Å². The van der Waals surface area contributed by atoms with E-state index in [9.17, 15) is 0 Å². The van der Waals surface area contributed by atoms with E-state index in [4.69, 9.17) is 5.41 Å². The lowest BCUT2D eigenvalue weighted by atomic mass is 10.00. The molecule has 3 aromatic heterocycles. The topological polar surface area (TPSA) is 62.5 Å². The predicted molar refractivity (Wildman–Crippen MR) is 113 cm³/mol. The number of hydrogen-bond donors (Lipinski definition) is 1. The summed E-state index contributed by atoms with van der Waals surface area (Å²) in [5, 5.41) is 8.44. The number of aromatic nitrogens is 3. The second-order valence-corrected chi connectivity index (χ2v) is 6.99. The van der Waals surface area contributed by atoms with E-state index in [-0.39, 0.29) is 0 Å². The molecule has 0 amide bonds. The lowest BCUT2D eigenvalue weighted by Crippen LogP contribution is -2.03. The molecule has 1 aliphatic rings. The monoisotopic (exact) mass is 366 g/mol. The summed E-state index contributed by atoms with van der Waals surface area (Å²) >= 11 is 0. The van der Waals surface area contributed by atoms with Crippen LogP contribution in [-0.4, -0.2) is 20.7 Å². The Bertz CT molecular complexity index is 1070. The van der Waals surface area contributed by atoms with Crippen LogP contribution in [0.3, 0.4) is 0 Å². The maximum absolute atomic E-state index is 8.44. The molecular formula is C24H22N4. The van der Waals surface area contributed by atoms with E-state index in [2.05, 4.69) is 39.7 Å².